The Hall–Kier alpha value is -2.03. The molecule has 1 aromatic carbocycles. The van der Waals surface area contributed by atoms with Gasteiger partial charge in [0.05, 0.1) is 0 Å². The standard InChI is InChI=1S/C18H21NO2/c1-12-7-8-14(11-13(12)2)16-9-10-17(21-16)18(20)19-15-5-3-4-6-15/h7-11,15H,3-6H2,1-2H3,(H,19,20). The highest BCUT2D eigenvalue weighted by Crippen LogP contribution is 2.25. The molecular weight excluding hydrogens is 262 g/mol. The molecule has 0 atom stereocenters. The zero-order chi connectivity index (χ0) is 14.8. The number of furan rings is 1. The third kappa shape index (κ3) is 3.02. The third-order valence-electron chi connectivity index (χ3n) is 4.31. The molecule has 0 aliphatic heterocycles. The molecule has 1 fully saturated rings. The Labute approximate surface area is 125 Å². The van der Waals surface area contributed by atoms with Gasteiger partial charge in [0, 0.05) is 11.6 Å². The largest absolute Gasteiger partial charge is 0.451 e. The molecule has 1 aliphatic rings. The number of nitrogens with one attached hydrogen (secondary N) is 1. The normalized spacial score (nSPS) is 15.3. The molecule has 3 nitrogen and oxygen atoms in total. The van der Waals surface area contributed by atoms with Gasteiger partial charge in [-0.2, -0.15) is 0 Å². The van der Waals surface area contributed by atoms with Crippen LogP contribution >= 0.6 is 0 Å². The summed E-state index contributed by atoms with van der Waals surface area (Å²) >= 11 is 0. The van der Waals surface area contributed by atoms with Gasteiger partial charge in [-0.05, 0) is 56.0 Å². The first-order valence-electron chi connectivity index (χ1n) is 7.62. The smallest absolute Gasteiger partial charge is 0.287 e. The summed E-state index contributed by atoms with van der Waals surface area (Å²) < 4.78 is 5.72. The summed E-state index contributed by atoms with van der Waals surface area (Å²) in [6.07, 6.45) is 4.57. The molecule has 0 bridgehead atoms. The number of rotatable bonds is 3. The highest BCUT2D eigenvalue weighted by molar-refractivity contribution is 5.92. The van der Waals surface area contributed by atoms with E-state index in [0.29, 0.717) is 11.8 Å². The summed E-state index contributed by atoms with van der Waals surface area (Å²) in [6, 6.07) is 10.1. The monoisotopic (exact) mass is 283 g/mol. The Morgan fingerprint density at radius 1 is 1.10 bits per heavy atom. The first kappa shape index (κ1) is 13.9. The van der Waals surface area contributed by atoms with Crippen LogP contribution in [0.5, 0.6) is 0 Å². The number of aryl methyl sites for hydroxylation is 2. The minimum Gasteiger partial charge on any atom is -0.451 e. The number of benzene rings is 1. The fraction of sp³-hybridized carbons (Fsp3) is 0.389. The van der Waals surface area contributed by atoms with Crippen molar-refractivity contribution in [2.45, 2.75) is 45.6 Å². The predicted octanol–water partition coefficient (Wildman–Crippen LogP) is 4.24. The molecular formula is C18H21NO2. The van der Waals surface area contributed by atoms with E-state index in [4.69, 9.17) is 4.42 Å². The van der Waals surface area contributed by atoms with Crippen LogP contribution in [0.3, 0.4) is 0 Å². The van der Waals surface area contributed by atoms with Crippen molar-refractivity contribution in [3.05, 3.63) is 47.2 Å². The molecule has 110 valence electrons. The van der Waals surface area contributed by atoms with Gasteiger partial charge in [-0.25, -0.2) is 0 Å². The topological polar surface area (TPSA) is 42.2 Å². The van der Waals surface area contributed by atoms with Crippen LogP contribution in [0.15, 0.2) is 34.7 Å². The van der Waals surface area contributed by atoms with Gasteiger partial charge in [-0.15, -0.1) is 0 Å². The van der Waals surface area contributed by atoms with E-state index in [1.165, 1.54) is 24.0 Å². The summed E-state index contributed by atoms with van der Waals surface area (Å²) in [6.45, 7) is 4.16. The van der Waals surface area contributed by atoms with Gasteiger partial charge in [-0.3, -0.25) is 4.79 Å². The van der Waals surface area contributed by atoms with Gasteiger partial charge in [0.25, 0.3) is 5.91 Å². The molecule has 0 spiro atoms. The second-order valence-corrected chi connectivity index (χ2v) is 5.92. The van der Waals surface area contributed by atoms with Crippen LogP contribution in [0.2, 0.25) is 0 Å². The summed E-state index contributed by atoms with van der Waals surface area (Å²) in [5, 5.41) is 3.05. The molecule has 0 radical (unpaired) electrons. The van der Waals surface area contributed by atoms with Crippen LogP contribution in [0.4, 0.5) is 0 Å². The molecule has 1 aromatic heterocycles. The van der Waals surface area contributed by atoms with E-state index in [9.17, 15) is 4.79 Å². The highest BCUT2D eigenvalue weighted by atomic mass is 16.3. The van der Waals surface area contributed by atoms with Crippen LogP contribution in [0, 0.1) is 13.8 Å². The molecule has 21 heavy (non-hydrogen) atoms. The number of amides is 1. The fourth-order valence-electron chi connectivity index (χ4n) is 2.84. The maximum absolute atomic E-state index is 12.2. The molecule has 0 saturated heterocycles. The second-order valence-electron chi connectivity index (χ2n) is 5.92. The van der Waals surface area contributed by atoms with Crippen molar-refractivity contribution >= 4 is 5.91 Å². The molecule has 1 heterocycles. The lowest BCUT2D eigenvalue weighted by atomic mass is 10.1. The zero-order valence-electron chi connectivity index (χ0n) is 12.6. The molecule has 2 aromatic rings. The van der Waals surface area contributed by atoms with Crippen molar-refractivity contribution in [3.8, 4) is 11.3 Å². The lowest BCUT2D eigenvalue weighted by molar-refractivity contribution is 0.0910. The lowest BCUT2D eigenvalue weighted by Crippen LogP contribution is -2.32. The van der Waals surface area contributed by atoms with Gasteiger partial charge in [0.2, 0.25) is 0 Å². The molecule has 1 aliphatic carbocycles. The Bertz CT molecular complexity index is 651. The summed E-state index contributed by atoms with van der Waals surface area (Å²) in [5.41, 5.74) is 3.49. The number of hydrogen-bond donors (Lipinski definition) is 1. The molecule has 3 rings (SSSR count). The first-order chi connectivity index (χ1) is 10.1. The Morgan fingerprint density at radius 3 is 2.57 bits per heavy atom. The van der Waals surface area contributed by atoms with Crippen molar-refractivity contribution < 1.29 is 9.21 Å². The zero-order valence-corrected chi connectivity index (χ0v) is 12.6. The number of carbonyl (C=O) groups excluding carboxylic acids is 1. The Kier molecular flexibility index (Phi) is 3.82. The Balaban J connectivity index is 1.75. The van der Waals surface area contributed by atoms with E-state index in [1.54, 1.807) is 6.07 Å². The van der Waals surface area contributed by atoms with Gasteiger partial charge in [-0.1, -0.05) is 25.0 Å². The van der Waals surface area contributed by atoms with E-state index < -0.39 is 0 Å². The first-order valence-corrected chi connectivity index (χ1v) is 7.62. The van der Waals surface area contributed by atoms with Crippen LogP contribution < -0.4 is 5.32 Å². The molecule has 1 saturated carbocycles. The van der Waals surface area contributed by atoms with Gasteiger partial charge in [0.15, 0.2) is 5.76 Å². The van der Waals surface area contributed by atoms with Crippen molar-refractivity contribution in [1.29, 1.82) is 0 Å². The summed E-state index contributed by atoms with van der Waals surface area (Å²) in [7, 11) is 0. The van der Waals surface area contributed by atoms with Gasteiger partial charge < -0.3 is 9.73 Å². The lowest BCUT2D eigenvalue weighted by Gasteiger charge is -2.10. The quantitative estimate of drug-likeness (QED) is 0.915. The van der Waals surface area contributed by atoms with Gasteiger partial charge in [0.1, 0.15) is 5.76 Å². The van der Waals surface area contributed by atoms with E-state index in [-0.39, 0.29) is 5.91 Å². The van der Waals surface area contributed by atoms with Crippen molar-refractivity contribution in [1.82, 2.24) is 5.32 Å². The minimum absolute atomic E-state index is 0.100. The highest BCUT2D eigenvalue weighted by Gasteiger charge is 2.20. The molecule has 0 unspecified atom stereocenters. The predicted molar refractivity (Wildman–Crippen MR) is 83.3 cm³/mol. The molecule has 1 N–H and O–H groups in total. The number of hydrogen-bond acceptors (Lipinski definition) is 2. The average molecular weight is 283 g/mol. The molecule has 3 heteroatoms. The van der Waals surface area contributed by atoms with Gasteiger partial charge >= 0.3 is 0 Å². The van der Waals surface area contributed by atoms with Crippen LogP contribution in [0.1, 0.15) is 47.4 Å². The number of carbonyl (C=O) groups is 1. The Morgan fingerprint density at radius 2 is 1.86 bits per heavy atom. The minimum atomic E-state index is -0.100. The van der Waals surface area contributed by atoms with Crippen LogP contribution in [0.25, 0.3) is 11.3 Å². The van der Waals surface area contributed by atoms with E-state index in [0.717, 1.165) is 24.2 Å². The maximum Gasteiger partial charge on any atom is 0.287 e. The van der Waals surface area contributed by atoms with E-state index in [1.807, 2.05) is 12.1 Å². The maximum atomic E-state index is 12.2. The van der Waals surface area contributed by atoms with Crippen molar-refractivity contribution in [2.75, 3.05) is 0 Å². The van der Waals surface area contributed by atoms with E-state index >= 15 is 0 Å². The second kappa shape index (κ2) is 5.76. The SMILES string of the molecule is Cc1ccc(-c2ccc(C(=O)NC3CCCC3)o2)cc1C. The van der Waals surface area contributed by atoms with Crippen LogP contribution in [-0.2, 0) is 0 Å². The summed E-state index contributed by atoms with van der Waals surface area (Å²) in [4.78, 5) is 12.2. The van der Waals surface area contributed by atoms with Crippen molar-refractivity contribution in [2.24, 2.45) is 0 Å². The summed E-state index contributed by atoms with van der Waals surface area (Å²) in [5.74, 6) is 1.04. The average Bonchev–Trinajstić information content (AvgIpc) is 3.12. The fourth-order valence-corrected chi connectivity index (χ4v) is 2.84. The van der Waals surface area contributed by atoms with Crippen molar-refractivity contribution in [3.63, 3.8) is 0 Å². The molecule has 1 amide bonds. The third-order valence-corrected chi connectivity index (χ3v) is 4.31. The van der Waals surface area contributed by atoms with E-state index in [2.05, 4.69) is 31.3 Å². The van der Waals surface area contributed by atoms with Crippen LogP contribution in [-0.4, -0.2) is 11.9 Å².